The molecule has 0 aromatic heterocycles. The van der Waals surface area contributed by atoms with Crippen LogP contribution in [0.2, 0.25) is 0 Å². The molecular formula is C26H26N2O3. The third kappa shape index (κ3) is 3.25. The Labute approximate surface area is 182 Å². The normalized spacial score (nSPS) is 24.0. The maximum absolute atomic E-state index is 5.56. The number of ether oxygens (including phenoxy) is 3. The minimum absolute atomic E-state index is 0.325. The van der Waals surface area contributed by atoms with Gasteiger partial charge in [0.1, 0.15) is 5.75 Å². The number of hydrogen-bond acceptors (Lipinski definition) is 5. The van der Waals surface area contributed by atoms with Crippen LogP contribution in [0.15, 0.2) is 66.7 Å². The lowest BCUT2D eigenvalue weighted by molar-refractivity contribution is -0.0483. The smallest absolute Gasteiger partial charge is 0.231 e. The van der Waals surface area contributed by atoms with Gasteiger partial charge in [0.05, 0.1) is 7.11 Å². The third-order valence-electron chi connectivity index (χ3n) is 6.89. The van der Waals surface area contributed by atoms with E-state index in [0.717, 1.165) is 36.9 Å². The summed E-state index contributed by atoms with van der Waals surface area (Å²) < 4.78 is 16.4. The van der Waals surface area contributed by atoms with E-state index >= 15 is 0 Å². The molecular weight excluding hydrogens is 388 g/mol. The Kier molecular flexibility index (Phi) is 4.59. The standard InChI is InChI=1S/C26H26N2O3/c1-29-21-4-2-3-20(12-21)18-6-8-19(9-7-18)26-22-13-27-14-23(26)28(22)15-17-5-10-24-25(11-17)31-16-30-24/h2-12,22-23,26-27H,13-16H2,1H3/t22-,23+,26?. The van der Waals surface area contributed by atoms with Gasteiger partial charge >= 0.3 is 0 Å². The molecule has 3 aliphatic rings. The molecule has 3 heterocycles. The Morgan fingerprint density at radius 2 is 1.71 bits per heavy atom. The number of hydrogen-bond donors (Lipinski definition) is 1. The summed E-state index contributed by atoms with van der Waals surface area (Å²) in [5.74, 6) is 3.18. The van der Waals surface area contributed by atoms with E-state index in [4.69, 9.17) is 14.2 Å². The highest BCUT2D eigenvalue weighted by molar-refractivity contribution is 5.65. The van der Waals surface area contributed by atoms with Crippen LogP contribution < -0.4 is 19.5 Å². The molecule has 0 amide bonds. The molecule has 3 atom stereocenters. The van der Waals surface area contributed by atoms with Crippen LogP contribution in [-0.4, -0.2) is 44.0 Å². The van der Waals surface area contributed by atoms with E-state index in [9.17, 15) is 0 Å². The molecule has 2 saturated heterocycles. The van der Waals surface area contributed by atoms with Crippen molar-refractivity contribution in [1.29, 1.82) is 0 Å². The molecule has 3 aliphatic heterocycles. The van der Waals surface area contributed by atoms with Gasteiger partial charge in [-0.1, -0.05) is 42.5 Å². The first kappa shape index (κ1) is 18.7. The second-order valence-corrected chi connectivity index (χ2v) is 8.53. The molecule has 1 N–H and O–H groups in total. The van der Waals surface area contributed by atoms with Gasteiger partial charge in [0, 0.05) is 37.6 Å². The van der Waals surface area contributed by atoms with Crippen LogP contribution in [0.3, 0.4) is 0 Å². The van der Waals surface area contributed by atoms with Gasteiger partial charge in [0.2, 0.25) is 6.79 Å². The van der Waals surface area contributed by atoms with Crippen LogP contribution in [0.5, 0.6) is 17.2 Å². The second-order valence-electron chi connectivity index (χ2n) is 8.53. The predicted octanol–water partition coefficient (Wildman–Crippen LogP) is 4.03. The van der Waals surface area contributed by atoms with Crippen molar-refractivity contribution >= 4 is 0 Å². The van der Waals surface area contributed by atoms with E-state index < -0.39 is 0 Å². The van der Waals surface area contributed by atoms with E-state index in [1.807, 2.05) is 18.2 Å². The Morgan fingerprint density at radius 3 is 2.52 bits per heavy atom. The van der Waals surface area contributed by atoms with E-state index in [2.05, 4.69) is 58.7 Å². The number of rotatable bonds is 5. The van der Waals surface area contributed by atoms with Crippen LogP contribution in [-0.2, 0) is 6.54 Å². The SMILES string of the molecule is COc1cccc(-c2ccc(C3[C@H]4CNC[C@@H]3N4Cc3ccc4c(c3)OCO4)cc2)c1. The maximum atomic E-state index is 5.56. The predicted molar refractivity (Wildman–Crippen MR) is 120 cm³/mol. The van der Waals surface area contributed by atoms with Crippen molar-refractivity contribution in [2.24, 2.45) is 0 Å². The highest BCUT2D eigenvalue weighted by Crippen LogP contribution is 2.44. The van der Waals surface area contributed by atoms with Crippen molar-refractivity contribution in [3.05, 3.63) is 77.9 Å². The number of benzene rings is 3. The average molecular weight is 415 g/mol. The lowest BCUT2D eigenvalue weighted by Crippen LogP contribution is -2.72. The lowest BCUT2D eigenvalue weighted by Gasteiger charge is -2.59. The number of nitrogens with one attached hydrogen (secondary N) is 1. The Balaban J connectivity index is 1.19. The molecule has 0 saturated carbocycles. The highest BCUT2D eigenvalue weighted by Gasteiger charge is 2.50. The van der Waals surface area contributed by atoms with Gasteiger partial charge in [-0.2, -0.15) is 0 Å². The maximum Gasteiger partial charge on any atom is 0.231 e. The number of piperidine rings is 1. The average Bonchev–Trinajstić information content (AvgIpc) is 3.31. The minimum atomic E-state index is 0.325. The molecule has 2 bridgehead atoms. The van der Waals surface area contributed by atoms with Crippen molar-refractivity contribution < 1.29 is 14.2 Å². The lowest BCUT2D eigenvalue weighted by atomic mass is 9.72. The third-order valence-corrected chi connectivity index (χ3v) is 6.89. The van der Waals surface area contributed by atoms with Crippen LogP contribution in [0.1, 0.15) is 17.0 Å². The van der Waals surface area contributed by atoms with Crippen molar-refractivity contribution in [2.45, 2.75) is 24.5 Å². The molecule has 3 aromatic rings. The molecule has 0 radical (unpaired) electrons. The van der Waals surface area contributed by atoms with E-state index in [0.29, 0.717) is 24.8 Å². The quantitative estimate of drug-likeness (QED) is 0.683. The number of methoxy groups -OCH3 is 1. The number of nitrogens with zero attached hydrogens (tertiary/aromatic N) is 1. The highest BCUT2D eigenvalue weighted by atomic mass is 16.7. The van der Waals surface area contributed by atoms with Gasteiger partial charge in [-0.25, -0.2) is 0 Å². The van der Waals surface area contributed by atoms with Crippen LogP contribution in [0.4, 0.5) is 0 Å². The molecule has 2 fully saturated rings. The van der Waals surface area contributed by atoms with E-state index in [1.54, 1.807) is 7.11 Å². The van der Waals surface area contributed by atoms with Gasteiger partial charge in [-0.05, 0) is 46.5 Å². The largest absolute Gasteiger partial charge is 0.497 e. The fourth-order valence-electron chi connectivity index (χ4n) is 5.31. The summed E-state index contributed by atoms with van der Waals surface area (Å²) in [4.78, 5) is 2.63. The van der Waals surface area contributed by atoms with Crippen molar-refractivity contribution in [3.8, 4) is 28.4 Å². The summed E-state index contributed by atoms with van der Waals surface area (Å²) in [5, 5.41) is 3.59. The van der Waals surface area contributed by atoms with Gasteiger partial charge < -0.3 is 19.5 Å². The van der Waals surface area contributed by atoms with Crippen molar-refractivity contribution in [1.82, 2.24) is 10.2 Å². The number of piperazine rings is 1. The molecule has 5 heteroatoms. The van der Waals surface area contributed by atoms with Crippen LogP contribution in [0, 0.1) is 0 Å². The Morgan fingerprint density at radius 1 is 0.903 bits per heavy atom. The zero-order valence-electron chi connectivity index (χ0n) is 17.6. The van der Waals surface area contributed by atoms with E-state index in [1.165, 1.54) is 22.3 Å². The fraction of sp³-hybridized carbons (Fsp3) is 0.308. The molecule has 31 heavy (non-hydrogen) atoms. The van der Waals surface area contributed by atoms with Crippen LogP contribution in [0.25, 0.3) is 11.1 Å². The summed E-state index contributed by atoms with van der Waals surface area (Å²) in [6.07, 6.45) is 0. The molecule has 158 valence electrons. The first-order valence-corrected chi connectivity index (χ1v) is 10.9. The molecule has 0 aliphatic carbocycles. The topological polar surface area (TPSA) is 43.0 Å². The first-order valence-electron chi connectivity index (χ1n) is 10.9. The van der Waals surface area contributed by atoms with Crippen molar-refractivity contribution in [3.63, 3.8) is 0 Å². The molecule has 0 spiro atoms. The zero-order chi connectivity index (χ0) is 20.8. The van der Waals surface area contributed by atoms with Gasteiger partial charge in [0.15, 0.2) is 11.5 Å². The number of likely N-dealkylation sites (tertiary alicyclic amines) is 1. The monoisotopic (exact) mass is 414 g/mol. The summed E-state index contributed by atoms with van der Waals surface area (Å²) in [5.41, 5.74) is 5.13. The summed E-state index contributed by atoms with van der Waals surface area (Å²) in [7, 11) is 1.71. The van der Waals surface area contributed by atoms with Crippen molar-refractivity contribution in [2.75, 3.05) is 27.0 Å². The molecule has 5 nitrogen and oxygen atoms in total. The first-order chi connectivity index (χ1) is 15.3. The Hall–Kier alpha value is -3.02. The molecule has 1 unspecified atom stereocenters. The summed E-state index contributed by atoms with van der Waals surface area (Å²) in [6.45, 7) is 3.34. The van der Waals surface area contributed by atoms with Crippen LogP contribution >= 0.6 is 0 Å². The zero-order valence-corrected chi connectivity index (χ0v) is 17.6. The summed E-state index contributed by atoms with van der Waals surface area (Å²) in [6, 6.07) is 24.7. The number of fused-ring (bicyclic) bond motifs is 3. The van der Waals surface area contributed by atoms with E-state index in [-0.39, 0.29) is 0 Å². The minimum Gasteiger partial charge on any atom is -0.497 e. The molecule has 6 rings (SSSR count). The van der Waals surface area contributed by atoms with Gasteiger partial charge in [-0.3, -0.25) is 4.90 Å². The second kappa shape index (κ2) is 7.59. The molecule has 3 aromatic carbocycles. The summed E-state index contributed by atoms with van der Waals surface area (Å²) >= 11 is 0. The Bertz CT molecular complexity index is 1090. The van der Waals surface area contributed by atoms with Gasteiger partial charge in [0.25, 0.3) is 0 Å². The van der Waals surface area contributed by atoms with Gasteiger partial charge in [-0.15, -0.1) is 0 Å². The fourth-order valence-corrected chi connectivity index (χ4v) is 5.31.